The molecule has 146 valence electrons. The van der Waals surface area contributed by atoms with Crippen molar-refractivity contribution in [3.63, 3.8) is 0 Å². The van der Waals surface area contributed by atoms with Crippen molar-refractivity contribution in [2.75, 3.05) is 26.2 Å². The van der Waals surface area contributed by atoms with Crippen LogP contribution in [-0.4, -0.2) is 62.2 Å². The van der Waals surface area contributed by atoms with Crippen LogP contribution < -0.4 is 0 Å². The van der Waals surface area contributed by atoms with Gasteiger partial charge in [0.1, 0.15) is 0 Å². The van der Waals surface area contributed by atoms with Crippen LogP contribution in [0.4, 0.5) is 0 Å². The van der Waals surface area contributed by atoms with Gasteiger partial charge in [-0.15, -0.1) is 5.10 Å². The van der Waals surface area contributed by atoms with E-state index in [2.05, 4.69) is 36.9 Å². The van der Waals surface area contributed by atoms with Crippen LogP contribution in [0, 0.1) is 0 Å². The SMILES string of the molecule is CCC[C@H](c1nnnn1C1CCCCC1)N1CCN(C2CCCC2)CC1. The Balaban J connectivity index is 1.44. The summed E-state index contributed by atoms with van der Waals surface area (Å²) >= 11 is 0. The van der Waals surface area contributed by atoms with E-state index in [1.54, 1.807) is 0 Å². The minimum atomic E-state index is 0.391. The number of nitrogens with zero attached hydrogens (tertiary/aromatic N) is 6. The van der Waals surface area contributed by atoms with Gasteiger partial charge in [0.15, 0.2) is 5.82 Å². The van der Waals surface area contributed by atoms with E-state index < -0.39 is 0 Å². The molecule has 2 heterocycles. The lowest BCUT2D eigenvalue weighted by Gasteiger charge is -2.41. The van der Waals surface area contributed by atoms with Crippen molar-refractivity contribution in [3.05, 3.63) is 5.82 Å². The average Bonchev–Trinajstić information content (AvgIpc) is 3.39. The van der Waals surface area contributed by atoms with Crippen LogP contribution in [0.5, 0.6) is 0 Å². The number of aromatic nitrogens is 4. The summed E-state index contributed by atoms with van der Waals surface area (Å²) in [7, 11) is 0. The maximum atomic E-state index is 4.53. The fourth-order valence-electron chi connectivity index (χ4n) is 5.44. The van der Waals surface area contributed by atoms with Gasteiger partial charge >= 0.3 is 0 Å². The summed E-state index contributed by atoms with van der Waals surface area (Å²) in [5.74, 6) is 1.13. The molecule has 0 N–H and O–H groups in total. The van der Waals surface area contributed by atoms with Gasteiger partial charge in [-0.3, -0.25) is 9.80 Å². The van der Waals surface area contributed by atoms with E-state index in [-0.39, 0.29) is 0 Å². The lowest BCUT2D eigenvalue weighted by atomic mass is 9.95. The van der Waals surface area contributed by atoms with E-state index in [9.17, 15) is 0 Å². The molecule has 6 heteroatoms. The van der Waals surface area contributed by atoms with Crippen molar-refractivity contribution in [1.29, 1.82) is 0 Å². The van der Waals surface area contributed by atoms with Crippen molar-refractivity contribution in [3.8, 4) is 0 Å². The summed E-state index contributed by atoms with van der Waals surface area (Å²) in [5.41, 5.74) is 0. The van der Waals surface area contributed by atoms with Crippen molar-refractivity contribution in [2.24, 2.45) is 0 Å². The number of tetrazole rings is 1. The van der Waals surface area contributed by atoms with Gasteiger partial charge in [-0.1, -0.05) is 45.4 Å². The highest BCUT2D eigenvalue weighted by Crippen LogP contribution is 2.33. The summed E-state index contributed by atoms with van der Waals surface area (Å²) < 4.78 is 2.20. The second kappa shape index (κ2) is 8.79. The molecule has 1 saturated heterocycles. The molecule has 2 saturated carbocycles. The zero-order valence-corrected chi connectivity index (χ0v) is 16.5. The Bertz CT molecular complexity index is 538. The predicted octanol–water partition coefficient (Wildman–Crippen LogP) is 3.58. The summed E-state index contributed by atoms with van der Waals surface area (Å²) in [6.07, 6.45) is 14.5. The van der Waals surface area contributed by atoms with Crippen LogP contribution in [0.3, 0.4) is 0 Å². The second-order valence-electron chi connectivity index (χ2n) is 8.59. The highest BCUT2D eigenvalue weighted by molar-refractivity contribution is 4.97. The van der Waals surface area contributed by atoms with Crippen molar-refractivity contribution in [1.82, 2.24) is 30.0 Å². The Morgan fingerprint density at radius 3 is 2.23 bits per heavy atom. The summed E-state index contributed by atoms with van der Waals surface area (Å²) in [6.45, 7) is 7.06. The van der Waals surface area contributed by atoms with E-state index in [1.807, 2.05) is 0 Å². The molecular weight excluding hydrogens is 324 g/mol. The van der Waals surface area contributed by atoms with Gasteiger partial charge in [0, 0.05) is 32.2 Å². The van der Waals surface area contributed by atoms with Crippen molar-refractivity contribution >= 4 is 0 Å². The van der Waals surface area contributed by atoms with Gasteiger partial charge < -0.3 is 0 Å². The van der Waals surface area contributed by atoms with Gasteiger partial charge in [-0.2, -0.15) is 0 Å². The van der Waals surface area contributed by atoms with Crippen molar-refractivity contribution in [2.45, 2.75) is 95.7 Å². The third-order valence-electron chi connectivity index (χ3n) is 6.93. The topological polar surface area (TPSA) is 50.1 Å². The largest absolute Gasteiger partial charge is 0.298 e. The van der Waals surface area contributed by atoms with Crippen LogP contribution in [0.2, 0.25) is 0 Å². The number of hydrogen-bond donors (Lipinski definition) is 0. The summed E-state index contributed by atoms with van der Waals surface area (Å²) in [5, 5.41) is 13.1. The Kier molecular flexibility index (Phi) is 6.20. The molecule has 6 nitrogen and oxygen atoms in total. The van der Waals surface area contributed by atoms with E-state index in [0.29, 0.717) is 12.1 Å². The first-order valence-corrected chi connectivity index (χ1v) is 11.1. The fraction of sp³-hybridized carbons (Fsp3) is 0.950. The molecule has 0 unspecified atom stereocenters. The van der Waals surface area contributed by atoms with Crippen LogP contribution in [0.25, 0.3) is 0 Å². The maximum absolute atomic E-state index is 4.53. The number of hydrogen-bond acceptors (Lipinski definition) is 5. The first-order chi connectivity index (χ1) is 12.9. The van der Waals surface area contributed by atoms with Crippen LogP contribution in [-0.2, 0) is 0 Å². The molecule has 0 bridgehead atoms. The average molecular weight is 361 g/mol. The third kappa shape index (κ3) is 3.96. The molecule has 3 fully saturated rings. The van der Waals surface area contributed by atoms with Crippen LogP contribution >= 0.6 is 0 Å². The molecule has 1 aromatic heterocycles. The zero-order valence-electron chi connectivity index (χ0n) is 16.5. The molecule has 1 aliphatic heterocycles. The molecule has 0 amide bonds. The predicted molar refractivity (Wildman–Crippen MR) is 103 cm³/mol. The minimum Gasteiger partial charge on any atom is -0.298 e. The molecule has 2 aliphatic carbocycles. The van der Waals surface area contributed by atoms with Crippen LogP contribution in [0.15, 0.2) is 0 Å². The second-order valence-corrected chi connectivity index (χ2v) is 8.59. The minimum absolute atomic E-state index is 0.391. The molecule has 0 spiro atoms. The quantitative estimate of drug-likeness (QED) is 0.776. The van der Waals surface area contributed by atoms with E-state index in [4.69, 9.17) is 0 Å². The Labute approximate surface area is 158 Å². The summed E-state index contributed by atoms with van der Waals surface area (Å²) in [6, 6.07) is 1.77. The monoisotopic (exact) mass is 360 g/mol. The highest BCUT2D eigenvalue weighted by Gasteiger charge is 2.32. The fourth-order valence-corrected chi connectivity index (χ4v) is 5.44. The van der Waals surface area contributed by atoms with E-state index in [0.717, 1.165) is 18.3 Å². The smallest absolute Gasteiger partial charge is 0.168 e. The first-order valence-electron chi connectivity index (χ1n) is 11.1. The van der Waals surface area contributed by atoms with Gasteiger partial charge in [0.05, 0.1) is 12.1 Å². The standard InChI is InChI=1S/C20H36N6/c1-2-8-19(20-21-22-23-26(20)18-11-4-3-5-12-18)25-15-13-24(14-16-25)17-9-6-7-10-17/h17-19H,2-16H2,1H3/t19-/m1/s1. The van der Waals surface area contributed by atoms with Gasteiger partial charge in [0.2, 0.25) is 0 Å². The number of piperazine rings is 1. The Morgan fingerprint density at radius 2 is 1.54 bits per heavy atom. The zero-order chi connectivity index (χ0) is 17.8. The Morgan fingerprint density at radius 1 is 0.885 bits per heavy atom. The molecule has 3 aliphatic rings. The molecule has 0 aromatic carbocycles. The molecule has 26 heavy (non-hydrogen) atoms. The first kappa shape index (κ1) is 18.4. The van der Waals surface area contributed by atoms with E-state index in [1.165, 1.54) is 90.4 Å². The van der Waals surface area contributed by atoms with Gasteiger partial charge in [-0.25, -0.2) is 4.68 Å². The van der Waals surface area contributed by atoms with E-state index >= 15 is 0 Å². The lowest BCUT2D eigenvalue weighted by molar-refractivity contribution is 0.0615. The third-order valence-corrected chi connectivity index (χ3v) is 6.93. The van der Waals surface area contributed by atoms with Gasteiger partial charge in [0.25, 0.3) is 0 Å². The molecule has 1 aromatic rings. The Hall–Kier alpha value is -1.01. The maximum Gasteiger partial charge on any atom is 0.168 e. The molecule has 1 atom stereocenters. The van der Waals surface area contributed by atoms with Gasteiger partial charge in [-0.05, 0) is 42.5 Å². The number of rotatable bonds is 6. The van der Waals surface area contributed by atoms with Crippen molar-refractivity contribution < 1.29 is 0 Å². The van der Waals surface area contributed by atoms with Crippen LogP contribution in [0.1, 0.15) is 95.5 Å². The molecule has 0 radical (unpaired) electrons. The summed E-state index contributed by atoms with van der Waals surface area (Å²) in [4.78, 5) is 5.41. The molecular formula is C20H36N6. The highest BCUT2D eigenvalue weighted by atomic mass is 15.6. The lowest BCUT2D eigenvalue weighted by Crippen LogP contribution is -2.50. The molecule has 4 rings (SSSR count). The normalized spacial score (nSPS) is 25.7.